The minimum absolute atomic E-state index is 0.131. The number of pyridine rings is 1. The first kappa shape index (κ1) is 12.4. The van der Waals surface area contributed by atoms with Gasteiger partial charge in [-0.15, -0.1) is 0 Å². The first-order valence-corrected chi connectivity index (χ1v) is 5.12. The monoisotopic (exact) mass is 282 g/mol. The molecule has 0 fully saturated rings. The van der Waals surface area contributed by atoms with Gasteiger partial charge in [-0.3, -0.25) is 0 Å². The molecule has 1 atom stereocenters. The highest BCUT2D eigenvalue weighted by Crippen LogP contribution is 2.28. The summed E-state index contributed by atoms with van der Waals surface area (Å²) in [6, 6.07) is 2.67. The Morgan fingerprint density at radius 3 is 2.67 bits per heavy atom. The summed E-state index contributed by atoms with van der Waals surface area (Å²) in [5.74, 6) is 0. The van der Waals surface area contributed by atoms with Gasteiger partial charge in [0.25, 0.3) is 0 Å². The Morgan fingerprint density at radius 1 is 1.47 bits per heavy atom. The molecule has 0 spiro atoms. The van der Waals surface area contributed by atoms with Gasteiger partial charge in [-0.1, -0.05) is 6.07 Å². The summed E-state index contributed by atoms with van der Waals surface area (Å²) in [5, 5.41) is 0. The van der Waals surface area contributed by atoms with Crippen LogP contribution in [-0.2, 0) is 0 Å². The zero-order valence-electron chi connectivity index (χ0n) is 7.76. The first-order chi connectivity index (χ1) is 6.90. The van der Waals surface area contributed by atoms with Crippen LogP contribution in [0.5, 0.6) is 0 Å². The van der Waals surface area contributed by atoms with Crippen molar-refractivity contribution in [2.75, 3.05) is 0 Å². The van der Waals surface area contributed by atoms with Crippen LogP contribution in [0.25, 0.3) is 0 Å². The number of halogens is 4. The predicted molar refractivity (Wildman–Crippen MR) is 54.2 cm³/mol. The highest BCUT2D eigenvalue weighted by atomic mass is 79.9. The second-order valence-corrected chi connectivity index (χ2v) is 3.89. The maximum absolute atomic E-state index is 11.9. The minimum Gasteiger partial charge on any atom is -0.324 e. The molecule has 0 aliphatic carbocycles. The largest absolute Gasteiger partial charge is 0.389 e. The van der Waals surface area contributed by atoms with Crippen molar-refractivity contribution in [2.24, 2.45) is 5.73 Å². The van der Waals surface area contributed by atoms with E-state index in [0.29, 0.717) is 10.2 Å². The fraction of sp³-hybridized carbons (Fsp3) is 0.444. The molecule has 0 saturated heterocycles. The normalized spacial score (nSPS) is 13.9. The number of aromatic nitrogens is 1. The molecule has 0 aliphatic rings. The number of rotatable bonds is 3. The Morgan fingerprint density at radius 2 is 2.13 bits per heavy atom. The number of alkyl halides is 3. The Balaban J connectivity index is 2.62. The van der Waals surface area contributed by atoms with Crippen molar-refractivity contribution in [1.82, 2.24) is 4.98 Å². The maximum atomic E-state index is 11.9. The van der Waals surface area contributed by atoms with Crippen molar-refractivity contribution >= 4 is 15.9 Å². The number of hydrogen-bond donors (Lipinski definition) is 1. The molecule has 2 nitrogen and oxygen atoms in total. The summed E-state index contributed by atoms with van der Waals surface area (Å²) in [4.78, 5) is 3.90. The van der Waals surface area contributed by atoms with Crippen molar-refractivity contribution in [2.45, 2.75) is 25.1 Å². The van der Waals surface area contributed by atoms with Crippen LogP contribution in [0, 0.1) is 0 Å². The molecule has 1 heterocycles. The van der Waals surface area contributed by atoms with E-state index in [2.05, 4.69) is 20.9 Å². The molecular formula is C9H10BrF3N2. The molecule has 0 aliphatic heterocycles. The van der Waals surface area contributed by atoms with Crippen LogP contribution >= 0.6 is 15.9 Å². The Kier molecular flexibility index (Phi) is 4.10. The van der Waals surface area contributed by atoms with E-state index in [1.165, 1.54) is 0 Å². The molecule has 0 unspecified atom stereocenters. The van der Waals surface area contributed by atoms with Crippen molar-refractivity contribution in [3.05, 3.63) is 28.5 Å². The molecule has 84 valence electrons. The second-order valence-electron chi connectivity index (χ2n) is 3.14. The lowest BCUT2D eigenvalue weighted by atomic mass is 10.1. The lowest BCUT2D eigenvalue weighted by molar-refractivity contribution is -0.136. The molecule has 0 saturated carbocycles. The van der Waals surface area contributed by atoms with Crippen LogP contribution < -0.4 is 5.73 Å². The second kappa shape index (κ2) is 4.94. The molecule has 1 aromatic rings. The molecular weight excluding hydrogens is 273 g/mol. The summed E-state index contributed by atoms with van der Waals surface area (Å²) in [7, 11) is 0. The summed E-state index contributed by atoms with van der Waals surface area (Å²) in [5.41, 5.74) is 6.23. The van der Waals surface area contributed by atoms with Gasteiger partial charge in [-0.25, -0.2) is 4.98 Å². The lowest BCUT2D eigenvalue weighted by Crippen LogP contribution is -2.16. The smallest absolute Gasteiger partial charge is 0.324 e. The van der Waals surface area contributed by atoms with Crippen LogP contribution in [0.2, 0.25) is 0 Å². The fourth-order valence-electron chi connectivity index (χ4n) is 1.15. The Labute approximate surface area is 93.8 Å². The Hall–Kier alpha value is -0.620. The number of nitrogens with zero attached hydrogens (tertiary/aromatic N) is 1. The van der Waals surface area contributed by atoms with E-state index in [0.717, 1.165) is 0 Å². The standard InChI is InChI=1S/C9H10BrF3N2/c10-8-6(2-1-5-15-8)7(14)3-4-9(11,12)13/h1-2,5,7H,3-4,14H2/t7-/m0/s1. The quantitative estimate of drug-likeness (QED) is 0.865. The van der Waals surface area contributed by atoms with E-state index in [1.54, 1.807) is 18.3 Å². The van der Waals surface area contributed by atoms with Gasteiger partial charge in [-0.05, 0) is 28.4 Å². The fourth-order valence-corrected chi connectivity index (χ4v) is 1.69. The van der Waals surface area contributed by atoms with Gasteiger partial charge in [0.15, 0.2) is 0 Å². The van der Waals surface area contributed by atoms with Crippen molar-refractivity contribution in [3.63, 3.8) is 0 Å². The van der Waals surface area contributed by atoms with Crippen LogP contribution in [0.4, 0.5) is 13.2 Å². The number of nitrogens with two attached hydrogens (primary N) is 1. The van der Waals surface area contributed by atoms with Gasteiger partial charge in [0, 0.05) is 24.2 Å². The van der Waals surface area contributed by atoms with E-state index in [9.17, 15) is 13.2 Å². The van der Waals surface area contributed by atoms with Gasteiger partial charge < -0.3 is 5.73 Å². The van der Waals surface area contributed by atoms with Crippen LogP contribution in [0.1, 0.15) is 24.4 Å². The van der Waals surface area contributed by atoms with Gasteiger partial charge >= 0.3 is 6.18 Å². The zero-order chi connectivity index (χ0) is 11.5. The van der Waals surface area contributed by atoms with Crippen LogP contribution in [0.15, 0.2) is 22.9 Å². The Bertz CT molecular complexity index is 327. The SMILES string of the molecule is N[C@@H](CCC(F)(F)F)c1cccnc1Br. The van der Waals surface area contributed by atoms with Crippen molar-refractivity contribution in [3.8, 4) is 0 Å². The molecule has 2 N–H and O–H groups in total. The minimum atomic E-state index is -4.16. The highest BCUT2D eigenvalue weighted by molar-refractivity contribution is 9.10. The molecule has 0 amide bonds. The summed E-state index contributed by atoms with van der Waals surface area (Å²) in [6.45, 7) is 0. The molecule has 6 heteroatoms. The van der Waals surface area contributed by atoms with E-state index in [-0.39, 0.29) is 6.42 Å². The molecule has 0 aromatic carbocycles. The van der Waals surface area contributed by atoms with Gasteiger partial charge in [-0.2, -0.15) is 13.2 Å². The molecule has 0 radical (unpaired) electrons. The van der Waals surface area contributed by atoms with Gasteiger partial charge in [0.2, 0.25) is 0 Å². The third-order valence-corrected chi connectivity index (χ3v) is 2.59. The van der Waals surface area contributed by atoms with Crippen molar-refractivity contribution < 1.29 is 13.2 Å². The average Bonchev–Trinajstić information content (AvgIpc) is 2.14. The molecule has 1 rings (SSSR count). The van der Waals surface area contributed by atoms with Crippen LogP contribution in [0.3, 0.4) is 0 Å². The lowest BCUT2D eigenvalue weighted by Gasteiger charge is -2.14. The number of hydrogen-bond acceptors (Lipinski definition) is 2. The highest BCUT2D eigenvalue weighted by Gasteiger charge is 2.28. The van der Waals surface area contributed by atoms with Gasteiger partial charge in [0.05, 0.1) is 0 Å². The zero-order valence-corrected chi connectivity index (χ0v) is 9.35. The summed E-state index contributed by atoms with van der Waals surface area (Å²) in [6.07, 6.45) is -3.63. The third kappa shape index (κ3) is 4.17. The molecule has 0 bridgehead atoms. The van der Waals surface area contributed by atoms with E-state index < -0.39 is 18.6 Å². The van der Waals surface area contributed by atoms with Gasteiger partial charge in [0.1, 0.15) is 4.60 Å². The van der Waals surface area contributed by atoms with Crippen LogP contribution in [-0.4, -0.2) is 11.2 Å². The topological polar surface area (TPSA) is 38.9 Å². The van der Waals surface area contributed by atoms with E-state index in [1.807, 2.05) is 0 Å². The maximum Gasteiger partial charge on any atom is 0.389 e. The van der Waals surface area contributed by atoms with E-state index in [4.69, 9.17) is 5.73 Å². The summed E-state index contributed by atoms with van der Waals surface area (Å²) < 4.78 is 36.3. The first-order valence-electron chi connectivity index (χ1n) is 4.33. The summed E-state index contributed by atoms with van der Waals surface area (Å²) >= 11 is 3.14. The van der Waals surface area contributed by atoms with E-state index >= 15 is 0 Å². The predicted octanol–water partition coefficient (Wildman–Crippen LogP) is 3.19. The molecule has 15 heavy (non-hydrogen) atoms. The van der Waals surface area contributed by atoms with Crippen molar-refractivity contribution in [1.29, 1.82) is 0 Å². The average molecular weight is 283 g/mol. The molecule has 1 aromatic heterocycles. The third-order valence-electron chi connectivity index (χ3n) is 1.93.